The van der Waals surface area contributed by atoms with Crippen molar-refractivity contribution in [2.45, 2.75) is 25.2 Å². The SMILES string of the molecule is O=C(O)C1(C(=O)O)CCC(c2ccccc2)C1. The number of hydrogen-bond donors (Lipinski definition) is 2. The Morgan fingerprint density at radius 1 is 1.12 bits per heavy atom. The van der Waals surface area contributed by atoms with E-state index in [-0.39, 0.29) is 18.8 Å². The lowest BCUT2D eigenvalue weighted by Crippen LogP contribution is -2.36. The van der Waals surface area contributed by atoms with E-state index in [0.29, 0.717) is 6.42 Å². The maximum Gasteiger partial charge on any atom is 0.321 e. The molecule has 1 aliphatic carbocycles. The van der Waals surface area contributed by atoms with Gasteiger partial charge in [-0.3, -0.25) is 9.59 Å². The second-order valence-electron chi connectivity index (χ2n) is 4.54. The monoisotopic (exact) mass is 234 g/mol. The summed E-state index contributed by atoms with van der Waals surface area (Å²) in [4.78, 5) is 22.3. The molecule has 4 nitrogen and oxygen atoms in total. The van der Waals surface area contributed by atoms with Crippen LogP contribution in [0, 0.1) is 5.41 Å². The summed E-state index contributed by atoms with van der Waals surface area (Å²) >= 11 is 0. The lowest BCUT2D eigenvalue weighted by molar-refractivity contribution is -0.164. The maximum absolute atomic E-state index is 11.2. The van der Waals surface area contributed by atoms with E-state index in [1.54, 1.807) is 0 Å². The van der Waals surface area contributed by atoms with Crippen LogP contribution in [-0.2, 0) is 9.59 Å². The van der Waals surface area contributed by atoms with Gasteiger partial charge in [0.25, 0.3) is 0 Å². The van der Waals surface area contributed by atoms with E-state index in [4.69, 9.17) is 10.2 Å². The summed E-state index contributed by atoms with van der Waals surface area (Å²) in [5.74, 6) is -2.41. The van der Waals surface area contributed by atoms with Crippen LogP contribution in [0.3, 0.4) is 0 Å². The zero-order chi connectivity index (χ0) is 12.5. The second-order valence-corrected chi connectivity index (χ2v) is 4.54. The molecule has 0 spiro atoms. The van der Waals surface area contributed by atoms with Gasteiger partial charge >= 0.3 is 11.9 Å². The minimum absolute atomic E-state index is 0.0309. The Kier molecular flexibility index (Phi) is 2.88. The minimum Gasteiger partial charge on any atom is -0.480 e. The van der Waals surface area contributed by atoms with Crippen LogP contribution in [0.25, 0.3) is 0 Å². The van der Waals surface area contributed by atoms with Gasteiger partial charge in [0.05, 0.1) is 0 Å². The van der Waals surface area contributed by atoms with Crippen molar-refractivity contribution in [1.82, 2.24) is 0 Å². The van der Waals surface area contributed by atoms with Gasteiger partial charge in [0.15, 0.2) is 5.41 Å². The molecule has 1 saturated carbocycles. The van der Waals surface area contributed by atoms with Crippen molar-refractivity contribution >= 4 is 11.9 Å². The van der Waals surface area contributed by atoms with Crippen LogP contribution in [0.2, 0.25) is 0 Å². The molecule has 0 heterocycles. The van der Waals surface area contributed by atoms with Gasteiger partial charge in [0, 0.05) is 0 Å². The first kappa shape index (κ1) is 11.6. The van der Waals surface area contributed by atoms with Crippen LogP contribution < -0.4 is 0 Å². The normalized spacial score (nSPS) is 22.2. The summed E-state index contributed by atoms with van der Waals surface area (Å²) in [6.45, 7) is 0. The van der Waals surface area contributed by atoms with Crippen LogP contribution in [-0.4, -0.2) is 22.2 Å². The highest BCUT2D eigenvalue weighted by molar-refractivity contribution is 5.98. The van der Waals surface area contributed by atoms with Crippen LogP contribution in [0.5, 0.6) is 0 Å². The Morgan fingerprint density at radius 3 is 2.18 bits per heavy atom. The molecule has 4 heteroatoms. The van der Waals surface area contributed by atoms with Gasteiger partial charge in [-0.15, -0.1) is 0 Å². The smallest absolute Gasteiger partial charge is 0.321 e. The third-order valence-electron chi connectivity index (χ3n) is 3.60. The molecule has 0 aliphatic heterocycles. The van der Waals surface area contributed by atoms with Crippen LogP contribution in [0.1, 0.15) is 30.7 Å². The summed E-state index contributed by atoms with van der Waals surface area (Å²) in [5, 5.41) is 18.2. The van der Waals surface area contributed by atoms with Crippen LogP contribution in [0.15, 0.2) is 30.3 Å². The number of benzene rings is 1. The van der Waals surface area contributed by atoms with E-state index < -0.39 is 17.4 Å². The molecule has 0 bridgehead atoms. The second kappa shape index (κ2) is 4.20. The summed E-state index contributed by atoms with van der Waals surface area (Å²) in [6.07, 6.45) is 1.00. The minimum atomic E-state index is -1.60. The largest absolute Gasteiger partial charge is 0.480 e. The van der Waals surface area contributed by atoms with Crippen molar-refractivity contribution in [1.29, 1.82) is 0 Å². The molecule has 1 atom stereocenters. The third kappa shape index (κ3) is 1.90. The maximum atomic E-state index is 11.2. The van der Waals surface area contributed by atoms with Crippen molar-refractivity contribution < 1.29 is 19.8 Å². The fourth-order valence-corrected chi connectivity index (χ4v) is 2.54. The molecule has 0 saturated heterocycles. The van der Waals surface area contributed by atoms with Gasteiger partial charge < -0.3 is 10.2 Å². The number of carboxylic acids is 2. The molecule has 0 radical (unpaired) electrons. The summed E-state index contributed by atoms with van der Waals surface area (Å²) < 4.78 is 0. The number of carbonyl (C=O) groups is 2. The quantitative estimate of drug-likeness (QED) is 0.785. The van der Waals surface area contributed by atoms with E-state index in [1.807, 2.05) is 30.3 Å². The zero-order valence-corrected chi connectivity index (χ0v) is 9.30. The van der Waals surface area contributed by atoms with Crippen LogP contribution in [0.4, 0.5) is 0 Å². The first-order chi connectivity index (χ1) is 8.06. The Labute approximate surface area is 98.9 Å². The summed E-state index contributed by atoms with van der Waals surface area (Å²) in [7, 11) is 0. The van der Waals surface area contributed by atoms with E-state index >= 15 is 0 Å². The highest BCUT2D eigenvalue weighted by atomic mass is 16.4. The van der Waals surface area contributed by atoms with Gasteiger partial charge in [-0.2, -0.15) is 0 Å². The van der Waals surface area contributed by atoms with Crippen molar-refractivity contribution in [2.24, 2.45) is 5.41 Å². The van der Waals surface area contributed by atoms with Gasteiger partial charge in [-0.05, 0) is 30.7 Å². The number of hydrogen-bond acceptors (Lipinski definition) is 2. The van der Waals surface area contributed by atoms with E-state index in [1.165, 1.54) is 0 Å². The van der Waals surface area contributed by atoms with E-state index in [0.717, 1.165) is 5.56 Å². The topological polar surface area (TPSA) is 74.6 Å². The molecule has 2 rings (SSSR count). The Balaban J connectivity index is 2.24. The first-order valence-corrected chi connectivity index (χ1v) is 5.58. The number of aliphatic carboxylic acids is 2. The molecule has 1 fully saturated rings. The highest BCUT2D eigenvalue weighted by Crippen LogP contribution is 2.47. The van der Waals surface area contributed by atoms with Crippen molar-refractivity contribution in [2.75, 3.05) is 0 Å². The van der Waals surface area contributed by atoms with Crippen molar-refractivity contribution in [3.05, 3.63) is 35.9 Å². The molecule has 1 aromatic carbocycles. The fraction of sp³-hybridized carbons (Fsp3) is 0.385. The first-order valence-electron chi connectivity index (χ1n) is 5.58. The predicted molar refractivity (Wildman–Crippen MR) is 60.7 cm³/mol. The van der Waals surface area contributed by atoms with Crippen molar-refractivity contribution in [3.63, 3.8) is 0 Å². The standard InChI is InChI=1S/C13H14O4/c14-11(15)13(12(16)17)7-6-10(8-13)9-4-2-1-3-5-9/h1-5,10H,6-8H2,(H,14,15)(H,16,17). The van der Waals surface area contributed by atoms with Gasteiger partial charge in [-0.25, -0.2) is 0 Å². The van der Waals surface area contributed by atoms with E-state index in [2.05, 4.69) is 0 Å². The molecule has 0 amide bonds. The molecule has 1 aliphatic rings. The van der Waals surface area contributed by atoms with Crippen LogP contribution >= 0.6 is 0 Å². The molecular formula is C13H14O4. The summed E-state index contributed by atoms with van der Waals surface area (Å²) in [5.41, 5.74) is -0.572. The Bertz CT molecular complexity index is 424. The molecule has 2 N–H and O–H groups in total. The van der Waals surface area contributed by atoms with E-state index in [9.17, 15) is 9.59 Å². The Morgan fingerprint density at radius 2 is 1.71 bits per heavy atom. The third-order valence-corrected chi connectivity index (χ3v) is 3.60. The molecule has 1 aromatic rings. The molecule has 17 heavy (non-hydrogen) atoms. The highest BCUT2D eigenvalue weighted by Gasteiger charge is 2.52. The lowest BCUT2D eigenvalue weighted by Gasteiger charge is -2.18. The summed E-state index contributed by atoms with van der Waals surface area (Å²) in [6, 6.07) is 9.50. The Hall–Kier alpha value is -1.84. The predicted octanol–water partition coefficient (Wildman–Crippen LogP) is 2.11. The van der Waals surface area contributed by atoms with Gasteiger partial charge in [0.2, 0.25) is 0 Å². The molecule has 0 aromatic heterocycles. The fourth-order valence-electron chi connectivity index (χ4n) is 2.54. The van der Waals surface area contributed by atoms with Crippen molar-refractivity contribution in [3.8, 4) is 0 Å². The lowest BCUT2D eigenvalue weighted by atomic mass is 9.84. The average Bonchev–Trinajstić information content (AvgIpc) is 2.76. The van der Waals surface area contributed by atoms with Gasteiger partial charge in [0.1, 0.15) is 0 Å². The molecule has 90 valence electrons. The van der Waals surface area contributed by atoms with Gasteiger partial charge in [-0.1, -0.05) is 30.3 Å². The molecular weight excluding hydrogens is 220 g/mol. The average molecular weight is 234 g/mol. The zero-order valence-electron chi connectivity index (χ0n) is 9.30. The number of rotatable bonds is 3. The number of carboxylic acid groups (broad SMARTS) is 2. The molecule has 1 unspecified atom stereocenters.